The van der Waals surface area contributed by atoms with Crippen molar-refractivity contribution in [1.29, 1.82) is 0 Å². The summed E-state index contributed by atoms with van der Waals surface area (Å²) < 4.78 is 1.09. The number of fused-ring (bicyclic) bond motifs is 3. The van der Waals surface area contributed by atoms with E-state index < -0.39 is 0 Å². The average molecular weight is 334 g/mol. The van der Waals surface area contributed by atoms with E-state index in [9.17, 15) is 4.79 Å². The Labute approximate surface area is 125 Å². The zero-order valence-electron chi connectivity index (χ0n) is 10.1. The summed E-state index contributed by atoms with van der Waals surface area (Å²) in [4.78, 5) is 11.4. The number of rotatable bonds is 2. The van der Waals surface area contributed by atoms with Crippen molar-refractivity contribution in [2.45, 2.75) is 6.42 Å². The van der Waals surface area contributed by atoms with Gasteiger partial charge in [0.1, 0.15) is 0 Å². The van der Waals surface area contributed by atoms with E-state index in [-0.39, 0.29) is 11.7 Å². The standard InChI is InChI=1S/C15H12BrNOS/c16-11-2-1-9-5-10-6-12(17-15(18)8-19)3-4-13(10)14(9)7-11/h1-4,6-7,19H,5,8H2,(H,17,18). The van der Waals surface area contributed by atoms with Crippen LogP contribution in [0.3, 0.4) is 0 Å². The number of carbonyl (C=O) groups is 1. The molecule has 1 aliphatic carbocycles. The first kappa shape index (κ1) is 12.8. The maximum Gasteiger partial charge on any atom is 0.234 e. The Balaban J connectivity index is 1.97. The smallest absolute Gasteiger partial charge is 0.234 e. The van der Waals surface area contributed by atoms with Crippen molar-refractivity contribution < 1.29 is 4.79 Å². The normalized spacial score (nSPS) is 11.9. The van der Waals surface area contributed by atoms with Crippen molar-refractivity contribution in [2.75, 3.05) is 11.1 Å². The van der Waals surface area contributed by atoms with Crippen LogP contribution in [0, 0.1) is 0 Å². The van der Waals surface area contributed by atoms with E-state index in [0.717, 1.165) is 16.6 Å². The zero-order chi connectivity index (χ0) is 13.4. The van der Waals surface area contributed by atoms with Crippen molar-refractivity contribution >= 4 is 40.2 Å². The minimum Gasteiger partial charge on any atom is -0.325 e. The zero-order valence-corrected chi connectivity index (χ0v) is 12.6. The lowest BCUT2D eigenvalue weighted by molar-refractivity contribution is -0.113. The van der Waals surface area contributed by atoms with Gasteiger partial charge in [-0.1, -0.05) is 28.1 Å². The van der Waals surface area contributed by atoms with Crippen LogP contribution in [-0.2, 0) is 11.2 Å². The van der Waals surface area contributed by atoms with E-state index in [1.54, 1.807) is 0 Å². The largest absolute Gasteiger partial charge is 0.325 e. The second-order valence-electron chi connectivity index (χ2n) is 4.56. The first-order chi connectivity index (χ1) is 9.17. The SMILES string of the molecule is O=C(CS)Nc1ccc2c(c1)Cc1ccc(Br)cc1-2. The molecule has 0 heterocycles. The van der Waals surface area contributed by atoms with Gasteiger partial charge in [0.2, 0.25) is 5.91 Å². The van der Waals surface area contributed by atoms with E-state index in [2.05, 4.69) is 58.1 Å². The van der Waals surface area contributed by atoms with Crippen LogP contribution in [0.25, 0.3) is 11.1 Å². The van der Waals surface area contributed by atoms with Gasteiger partial charge in [0, 0.05) is 10.2 Å². The Hall–Kier alpha value is -1.26. The third-order valence-corrected chi connectivity index (χ3v) is 4.06. The summed E-state index contributed by atoms with van der Waals surface area (Å²) in [6, 6.07) is 12.4. The van der Waals surface area contributed by atoms with Crippen LogP contribution in [0.2, 0.25) is 0 Å². The minimum absolute atomic E-state index is 0.0819. The van der Waals surface area contributed by atoms with E-state index in [1.807, 2.05) is 12.1 Å². The van der Waals surface area contributed by atoms with Gasteiger partial charge in [-0.25, -0.2) is 0 Å². The van der Waals surface area contributed by atoms with Crippen LogP contribution >= 0.6 is 28.6 Å². The lowest BCUT2D eigenvalue weighted by Gasteiger charge is -2.06. The number of anilines is 1. The van der Waals surface area contributed by atoms with Crippen molar-refractivity contribution in [3.63, 3.8) is 0 Å². The molecule has 0 radical (unpaired) electrons. The predicted molar refractivity (Wildman–Crippen MR) is 84.9 cm³/mol. The maximum absolute atomic E-state index is 11.4. The van der Waals surface area contributed by atoms with Crippen molar-refractivity contribution in [3.8, 4) is 11.1 Å². The van der Waals surface area contributed by atoms with Gasteiger partial charge in [-0.05, 0) is 52.9 Å². The molecule has 0 spiro atoms. The first-order valence-corrected chi connectivity index (χ1v) is 7.42. The van der Waals surface area contributed by atoms with Crippen molar-refractivity contribution in [3.05, 3.63) is 52.0 Å². The molecular weight excluding hydrogens is 322 g/mol. The molecule has 0 unspecified atom stereocenters. The lowest BCUT2D eigenvalue weighted by Crippen LogP contribution is -2.12. The highest BCUT2D eigenvalue weighted by atomic mass is 79.9. The fourth-order valence-corrected chi connectivity index (χ4v) is 2.88. The summed E-state index contributed by atoms with van der Waals surface area (Å²) in [6.45, 7) is 0. The fraction of sp³-hybridized carbons (Fsp3) is 0.133. The number of benzene rings is 2. The molecule has 0 saturated carbocycles. The molecule has 0 fully saturated rings. The Bertz CT molecular complexity index is 669. The number of hydrogen-bond acceptors (Lipinski definition) is 2. The van der Waals surface area contributed by atoms with Gasteiger partial charge in [-0.3, -0.25) is 4.79 Å². The number of amides is 1. The molecule has 0 aliphatic heterocycles. The minimum atomic E-state index is -0.0819. The molecule has 2 aromatic carbocycles. The highest BCUT2D eigenvalue weighted by Gasteiger charge is 2.18. The number of nitrogens with one attached hydrogen (secondary N) is 1. The van der Waals surface area contributed by atoms with Crippen LogP contribution in [-0.4, -0.2) is 11.7 Å². The van der Waals surface area contributed by atoms with Crippen molar-refractivity contribution in [2.24, 2.45) is 0 Å². The van der Waals surface area contributed by atoms with Gasteiger partial charge in [0.25, 0.3) is 0 Å². The van der Waals surface area contributed by atoms with Gasteiger partial charge in [-0.2, -0.15) is 12.6 Å². The molecule has 0 aromatic heterocycles. The van der Waals surface area contributed by atoms with Crippen LogP contribution in [0.4, 0.5) is 5.69 Å². The number of halogens is 1. The van der Waals surface area contributed by atoms with Crippen molar-refractivity contribution in [1.82, 2.24) is 0 Å². The molecule has 0 bridgehead atoms. The maximum atomic E-state index is 11.4. The summed E-state index contributed by atoms with van der Waals surface area (Å²) in [5.41, 5.74) is 5.95. The van der Waals surface area contributed by atoms with E-state index in [0.29, 0.717) is 0 Å². The second-order valence-corrected chi connectivity index (χ2v) is 5.79. The third kappa shape index (κ3) is 2.42. The number of hydrogen-bond donors (Lipinski definition) is 2. The summed E-state index contributed by atoms with van der Waals surface area (Å²) >= 11 is 7.47. The molecule has 4 heteroatoms. The molecule has 0 atom stereocenters. The van der Waals surface area contributed by atoms with Gasteiger partial charge in [0.05, 0.1) is 5.75 Å². The number of carbonyl (C=O) groups excluding carboxylic acids is 1. The van der Waals surface area contributed by atoms with Gasteiger partial charge >= 0.3 is 0 Å². The molecule has 3 rings (SSSR count). The fourth-order valence-electron chi connectivity index (χ4n) is 2.44. The third-order valence-electron chi connectivity index (χ3n) is 3.28. The predicted octanol–water partition coefficient (Wildman–Crippen LogP) is 3.89. The first-order valence-electron chi connectivity index (χ1n) is 6.00. The highest BCUT2D eigenvalue weighted by molar-refractivity contribution is 9.10. The summed E-state index contributed by atoms with van der Waals surface area (Å²) in [5, 5.41) is 2.83. The summed E-state index contributed by atoms with van der Waals surface area (Å²) in [6.07, 6.45) is 0.919. The molecular formula is C15H12BrNOS. The molecule has 1 aliphatic rings. The van der Waals surface area contributed by atoms with Crippen LogP contribution in [0.5, 0.6) is 0 Å². The molecule has 2 aromatic rings. The van der Waals surface area contributed by atoms with Gasteiger partial charge in [0.15, 0.2) is 0 Å². The van der Waals surface area contributed by atoms with Crippen LogP contribution < -0.4 is 5.32 Å². The molecule has 1 amide bonds. The second kappa shape index (κ2) is 5.02. The van der Waals surface area contributed by atoms with Crippen LogP contribution in [0.1, 0.15) is 11.1 Å². The Morgan fingerprint density at radius 2 is 2.00 bits per heavy atom. The van der Waals surface area contributed by atoms with E-state index in [1.165, 1.54) is 22.3 Å². The molecule has 1 N–H and O–H groups in total. The lowest BCUT2D eigenvalue weighted by atomic mass is 10.1. The van der Waals surface area contributed by atoms with Gasteiger partial charge < -0.3 is 5.32 Å². The van der Waals surface area contributed by atoms with E-state index >= 15 is 0 Å². The van der Waals surface area contributed by atoms with E-state index in [4.69, 9.17) is 0 Å². The topological polar surface area (TPSA) is 29.1 Å². The molecule has 0 saturated heterocycles. The monoisotopic (exact) mass is 333 g/mol. The highest BCUT2D eigenvalue weighted by Crippen LogP contribution is 2.39. The Morgan fingerprint density at radius 3 is 2.79 bits per heavy atom. The summed E-state index contributed by atoms with van der Waals surface area (Å²) in [7, 11) is 0. The van der Waals surface area contributed by atoms with Crippen LogP contribution in [0.15, 0.2) is 40.9 Å². The summed E-state index contributed by atoms with van der Waals surface area (Å²) in [5.74, 6) is 0.117. The average Bonchev–Trinajstić information content (AvgIpc) is 2.75. The molecule has 19 heavy (non-hydrogen) atoms. The Kier molecular flexibility index (Phi) is 3.37. The quantitative estimate of drug-likeness (QED) is 0.684. The number of thiol groups is 1. The molecule has 2 nitrogen and oxygen atoms in total. The molecule has 96 valence electrons. The van der Waals surface area contributed by atoms with Gasteiger partial charge in [-0.15, -0.1) is 0 Å². The Morgan fingerprint density at radius 1 is 1.16 bits per heavy atom.